The summed E-state index contributed by atoms with van der Waals surface area (Å²) in [5, 5.41) is 8.55. The van der Waals surface area contributed by atoms with Crippen molar-refractivity contribution in [3.05, 3.63) is 29.1 Å². The topological polar surface area (TPSA) is 80.1 Å². The van der Waals surface area contributed by atoms with Crippen LogP contribution in [0.5, 0.6) is 0 Å². The Labute approximate surface area is 86.3 Å². The average molecular weight is 204 g/mol. The molecule has 1 heterocycles. The van der Waals surface area contributed by atoms with E-state index in [-0.39, 0.29) is 23.6 Å². The molecule has 0 aliphatic heterocycles. The van der Waals surface area contributed by atoms with Gasteiger partial charge in [-0.1, -0.05) is 0 Å². The quantitative estimate of drug-likeness (QED) is 0.540. The summed E-state index contributed by atoms with van der Waals surface area (Å²) in [6.07, 6.45) is 0.424. The summed E-state index contributed by atoms with van der Waals surface area (Å²) in [6, 6.07) is 4.49. The third-order valence-electron chi connectivity index (χ3n) is 1.65. The van der Waals surface area contributed by atoms with Gasteiger partial charge in [-0.3, -0.25) is 4.79 Å². The van der Waals surface area contributed by atoms with Gasteiger partial charge in [0.05, 0.1) is 12.2 Å². The summed E-state index contributed by atoms with van der Waals surface area (Å²) in [5.74, 6) is -0.614. The lowest BCUT2D eigenvalue weighted by Crippen LogP contribution is -2.09. The van der Waals surface area contributed by atoms with Gasteiger partial charge in [-0.2, -0.15) is 5.26 Å². The first-order valence-electron chi connectivity index (χ1n) is 4.26. The van der Waals surface area contributed by atoms with Gasteiger partial charge in [0.1, 0.15) is 17.5 Å². The van der Waals surface area contributed by atoms with Crippen LogP contribution in [0.3, 0.4) is 0 Å². The monoisotopic (exact) mass is 204 g/mol. The summed E-state index contributed by atoms with van der Waals surface area (Å²) in [5.41, 5.74) is 0.0866. The highest BCUT2D eigenvalue weighted by Crippen LogP contribution is 2.07. The predicted octanol–water partition coefficient (Wildman–Crippen LogP) is 0.942. The Bertz CT molecular complexity index is 435. The van der Waals surface area contributed by atoms with Gasteiger partial charge in [-0.15, -0.1) is 0 Å². The molecule has 0 unspecified atom stereocenters. The fourth-order valence-electron chi connectivity index (χ4n) is 1.01. The van der Waals surface area contributed by atoms with E-state index in [9.17, 15) is 9.59 Å². The summed E-state index contributed by atoms with van der Waals surface area (Å²) >= 11 is 0. The second-order valence-electron chi connectivity index (χ2n) is 2.58. The van der Waals surface area contributed by atoms with Crippen LogP contribution < -0.4 is 0 Å². The van der Waals surface area contributed by atoms with Crippen LogP contribution >= 0.6 is 0 Å². The number of nitriles is 1. The lowest BCUT2D eigenvalue weighted by Gasteiger charge is -2.03. The number of aromatic nitrogens is 1. The van der Waals surface area contributed by atoms with Crippen LogP contribution in [0.2, 0.25) is 0 Å². The summed E-state index contributed by atoms with van der Waals surface area (Å²) in [7, 11) is 0. The van der Waals surface area contributed by atoms with Crippen molar-refractivity contribution in [2.24, 2.45) is 0 Å². The van der Waals surface area contributed by atoms with Crippen molar-refractivity contribution in [2.45, 2.75) is 6.92 Å². The summed E-state index contributed by atoms with van der Waals surface area (Å²) in [4.78, 5) is 25.6. The number of aldehydes is 1. The lowest BCUT2D eigenvalue weighted by atomic mass is 10.2. The van der Waals surface area contributed by atoms with Gasteiger partial charge in [-0.05, 0) is 19.1 Å². The fourth-order valence-corrected chi connectivity index (χ4v) is 1.01. The number of carbonyl (C=O) groups is 2. The van der Waals surface area contributed by atoms with E-state index in [1.165, 1.54) is 12.1 Å². The average Bonchev–Trinajstić information content (AvgIpc) is 2.28. The van der Waals surface area contributed by atoms with E-state index in [4.69, 9.17) is 10.00 Å². The van der Waals surface area contributed by atoms with Crippen molar-refractivity contribution < 1.29 is 14.3 Å². The molecule has 0 N–H and O–H groups in total. The number of pyridine rings is 1. The molecule has 1 aromatic rings. The minimum absolute atomic E-state index is 0.0749. The van der Waals surface area contributed by atoms with Crippen LogP contribution in [0.15, 0.2) is 12.1 Å². The van der Waals surface area contributed by atoms with Crippen molar-refractivity contribution in [3.8, 4) is 6.07 Å². The molecule has 0 spiro atoms. The molecule has 0 saturated carbocycles. The van der Waals surface area contributed by atoms with Gasteiger partial charge in [-0.25, -0.2) is 9.78 Å². The van der Waals surface area contributed by atoms with E-state index in [0.29, 0.717) is 6.29 Å². The maximum atomic E-state index is 11.3. The molecule has 0 aliphatic carbocycles. The highest BCUT2D eigenvalue weighted by atomic mass is 16.5. The zero-order chi connectivity index (χ0) is 11.3. The third kappa shape index (κ3) is 2.38. The van der Waals surface area contributed by atoms with Crippen LogP contribution in [0.1, 0.15) is 33.5 Å². The van der Waals surface area contributed by atoms with Crippen LogP contribution in [-0.2, 0) is 4.74 Å². The number of hydrogen-bond donors (Lipinski definition) is 0. The fraction of sp³-hybridized carbons (Fsp3) is 0.200. The molecular formula is C10H8N2O3. The zero-order valence-electron chi connectivity index (χ0n) is 8.06. The maximum Gasteiger partial charge on any atom is 0.340 e. The highest BCUT2D eigenvalue weighted by molar-refractivity contribution is 5.97. The van der Waals surface area contributed by atoms with E-state index in [2.05, 4.69) is 4.98 Å². The SMILES string of the molecule is CCOC(=O)c1ccc(C#N)nc1C=O. The van der Waals surface area contributed by atoms with Crippen LogP contribution in [-0.4, -0.2) is 23.8 Å². The van der Waals surface area contributed by atoms with Gasteiger partial charge in [0.2, 0.25) is 0 Å². The Morgan fingerprint density at radius 2 is 2.40 bits per heavy atom. The van der Waals surface area contributed by atoms with Crippen molar-refractivity contribution in [1.82, 2.24) is 4.98 Å². The van der Waals surface area contributed by atoms with E-state index in [1.54, 1.807) is 13.0 Å². The smallest absolute Gasteiger partial charge is 0.340 e. The second-order valence-corrected chi connectivity index (χ2v) is 2.58. The standard InChI is InChI=1S/C10H8N2O3/c1-2-15-10(14)8-4-3-7(5-11)12-9(8)6-13/h3-4,6H,2H2,1H3. The first-order chi connectivity index (χ1) is 7.22. The van der Waals surface area contributed by atoms with Crippen molar-refractivity contribution in [3.63, 3.8) is 0 Å². The summed E-state index contributed by atoms with van der Waals surface area (Å²) in [6.45, 7) is 1.88. The molecule has 5 heteroatoms. The van der Waals surface area contributed by atoms with E-state index >= 15 is 0 Å². The maximum absolute atomic E-state index is 11.3. The molecule has 0 amide bonds. The molecule has 1 aromatic heterocycles. The van der Waals surface area contributed by atoms with Crippen molar-refractivity contribution >= 4 is 12.3 Å². The van der Waals surface area contributed by atoms with E-state index in [0.717, 1.165) is 0 Å². The van der Waals surface area contributed by atoms with Crippen LogP contribution in [0.25, 0.3) is 0 Å². The first-order valence-corrected chi connectivity index (χ1v) is 4.26. The van der Waals surface area contributed by atoms with Crippen molar-refractivity contribution in [1.29, 1.82) is 5.26 Å². The van der Waals surface area contributed by atoms with E-state index in [1.807, 2.05) is 0 Å². The molecule has 5 nitrogen and oxygen atoms in total. The minimum Gasteiger partial charge on any atom is -0.462 e. The van der Waals surface area contributed by atoms with E-state index < -0.39 is 5.97 Å². The number of rotatable bonds is 3. The summed E-state index contributed by atoms with van der Waals surface area (Å²) < 4.78 is 4.72. The van der Waals surface area contributed by atoms with Crippen LogP contribution in [0.4, 0.5) is 0 Å². The molecule has 0 bridgehead atoms. The molecule has 0 aliphatic rings. The molecule has 0 radical (unpaired) electrons. The first kappa shape index (κ1) is 10.9. The second kappa shape index (κ2) is 4.86. The molecule has 15 heavy (non-hydrogen) atoms. The Kier molecular flexibility index (Phi) is 3.52. The molecule has 0 fully saturated rings. The number of esters is 1. The van der Waals surface area contributed by atoms with Gasteiger partial charge in [0.15, 0.2) is 6.29 Å². The zero-order valence-corrected chi connectivity index (χ0v) is 8.06. The number of nitrogens with zero attached hydrogens (tertiary/aromatic N) is 2. The molecule has 0 saturated heterocycles. The molecular weight excluding hydrogens is 196 g/mol. The predicted molar refractivity (Wildman–Crippen MR) is 50.3 cm³/mol. The number of hydrogen-bond acceptors (Lipinski definition) is 5. The Balaban J connectivity index is 3.14. The highest BCUT2D eigenvalue weighted by Gasteiger charge is 2.13. The van der Waals surface area contributed by atoms with Gasteiger partial charge >= 0.3 is 5.97 Å². The largest absolute Gasteiger partial charge is 0.462 e. The van der Waals surface area contributed by atoms with Gasteiger partial charge in [0.25, 0.3) is 0 Å². The molecule has 76 valence electrons. The van der Waals surface area contributed by atoms with Gasteiger partial charge in [0, 0.05) is 0 Å². The van der Waals surface area contributed by atoms with Crippen molar-refractivity contribution in [2.75, 3.05) is 6.61 Å². The molecule has 0 aromatic carbocycles. The number of ether oxygens (including phenoxy) is 1. The normalized spacial score (nSPS) is 9.07. The minimum atomic E-state index is -0.614. The lowest BCUT2D eigenvalue weighted by molar-refractivity contribution is 0.0523. The van der Waals surface area contributed by atoms with Crippen LogP contribution in [0, 0.1) is 11.3 Å². The molecule has 0 atom stereocenters. The third-order valence-corrected chi connectivity index (χ3v) is 1.65. The Hall–Kier alpha value is -2.22. The Morgan fingerprint density at radius 1 is 1.67 bits per heavy atom. The number of carbonyl (C=O) groups excluding carboxylic acids is 2. The van der Waals surface area contributed by atoms with Gasteiger partial charge < -0.3 is 4.74 Å². The Morgan fingerprint density at radius 3 is 2.93 bits per heavy atom. The molecule has 1 rings (SSSR count).